The van der Waals surface area contributed by atoms with E-state index in [0.29, 0.717) is 6.42 Å². The fraction of sp³-hybridized carbons (Fsp3) is 0.250. The topological polar surface area (TPSA) is 43.1 Å². The minimum atomic E-state index is -0.553. The van der Waals surface area contributed by atoms with Crippen LogP contribution in [0.15, 0.2) is 18.2 Å². The summed E-state index contributed by atoms with van der Waals surface area (Å²) in [5, 5.41) is 0. The first-order chi connectivity index (χ1) is 7.16. The zero-order chi connectivity index (χ0) is 11.3. The number of hydrogen-bond donors (Lipinski definition) is 1. The molecule has 0 atom stereocenters. The van der Waals surface area contributed by atoms with Gasteiger partial charge in [0, 0.05) is 18.4 Å². The molecular formula is C12H12FNO. The zero-order valence-corrected chi connectivity index (χ0v) is 8.51. The quantitative estimate of drug-likeness (QED) is 0.467. The molecule has 0 saturated heterocycles. The SMILES string of the molecule is CC#CCCC(=O)c1cccc(F)c1N. The fourth-order valence-electron chi connectivity index (χ4n) is 1.22. The van der Waals surface area contributed by atoms with E-state index in [4.69, 9.17) is 5.73 Å². The van der Waals surface area contributed by atoms with Crippen LogP contribution in [0.3, 0.4) is 0 Å². The number of carbonyl (C=O) groups excluding carboxylic acids is 1. The normalized spacial score (nSPS) is 9.20. The Morgan fingerprint density at radius 2 is 2.27 bits per heavy atom. The lowest BCUT2D eigenvalue weighted by atomic mass is 10.0. The van der Waals surface area contributed by atoms with Crippen molar-refractivity contribution in [1.82, 2.24) is 0 Å². The van der Waals surface area contributed by atoms with Crippen molar-refractivity contribution in [2.24, 2.45) is 0 Å². The Morgan fingerprint density at radius 3 is 2.93 bits per heavy atom. The number of anilines is 1. The largest absolute Gasteiger partial charge is 0.396 e. The summed E-state index contributed by atoms with van der Waals surface area (Å²) in [6.07, 6.45) is 0.750. The van der Waals surface area contributed by atoms with Crippen molar-refractivity contribution >= 4 is 11.5 Å². The highest BCUT2D eigenvalue weighted by Gasteiger charge is 2.11. The lowest BCUT2D eigenvalue weighted by molar-refractivity contribution is 0.0985. The maximum atomic E-state index is 13.0. The van der Waals surface area contributed by atoms with Gasteiger partial charge in [-0.05, 0) is 19.1 Å². The second-order valence-electron chi connectivity index (χ2n) is 3.05. The first-order valence-electron chi connectivity index (χ1n) is 4.63. The van der Waals surface area contributed by atoms with Gasteiger partial charge < -0.3 is 5.73 Å². The Morgan fingerprint density at radius 1 is 1.53 bits per heavy atom. The molecule has 3 heteroatoms. The van der Waals surface area contributed by atoms with Crippen LogP contribution in [0.2, 0.25) is 0 Å². The van der Waals surface area contributed by atoms with Crippen molar-refractivity contribution in [2.75, 3.05) is 5.73 Å². The molecule has 0 aliphatic heterocycles. The van der Waals surface area contributed by atoms with E-state index >= 15 is 0 Å². The molecule has 0 heterocycles. The zero-order valence-electron chi connectivity index (χ0n) is 8.51. The molecule has 2 nitrogen and oxygen atoms in total. The van der Waals surface area contributed by atoms with Gasteiger partial charge in [0.05, 0.1) is 5.69 Å². The van der Waals surface area contributed by atoms with Crippen molar-refractivity contribution in [3.63, 3.8) is 0 Å². The van der Waals surface area contributed by atoms with Crippen LogP contribution in [0.4, 0.5) is 10.1 Å². The Hall–Kier alpha value is -1.82. The minimum absolute atomic E-state index is 0.0769. The molecule has 0 saturated carbocycles. The van der Waals surface area contributed by atoms with E-state index in [2.05, 4.69) is 11.8 Å². The molecule has 15 heavy (non-hydrogen) atoms. The van der Waals surface area contributed by atoms with E-state index < -0.39 is 5.82 Å². The highest BCUT2D eigenvalue weighted by molar-refractivity contribution is 6.00. The summed E-state index contributed by atoms with van der Waals surface area (Å²) < 4.78 is 13.0. The summed E-state index contributed by atoms with van der Waals surface area (Å²) in [5.41, 5.74) is 5.62. The van der Waals surface area contributed by atoms with Crippen molar-refractivity contribution < 1.29 is 9.18 Å². The number of benzene rings is 1. The first kappa shape index (κ1) is 11.3. The average Bonchev–Trinajstić information content (AvgIpc) is 2.22. The molecule has 0 spiro atoms. The van der Waals surface area contributed by atoms with Crippen LogP contribution in [0, 0.1) is 17.7 Å². The summed E-state index contributed by atoms with van der Waals surface area (Å²) in [7, 11) is 0. The number of nitrogens with two attached hydrogens (primary N) is 1. The van der Waals surface area contributed by atoms with Gasteiger partial charge in [0.2, 0.25) is 0 Å². The number of carbonyl (C=O) groups is 1. The number of nitrogen functional groups attached to an aromatic ring is 1. The van der Waals surface area contributed by atoms with Crippen molar-refractivity contribution in [1.29, 1.82) is 0 Å². The van der Waals surface area contributed by atoms with Gasteiger partial charge in [-0.3, -0.25) is 4.79 Å². The molecule has 78 valence electrons. The molecule has 0 aromatic heterocycles. The van der Waals surface area contributed by atoms with Gasteiger partial charge in [-0.15, -0.1) is 11.8 Å². The predicted molar refractivity (Wildman–Crippen MR) is 57.8 cm³/mol. The first-order valence-corrected chi connectivity index (χ1v) is 4.63. The number of hydrogen-bond acceptors (Lipinski definition) is 2. The fourth-order valence-corrected chi connectivity index (χ4v) is 1.22. The second-order valence-corrected chi connectivity index (χ2v) is 3.05. The van der Waals surface area contributed by atoms with E-state index in [1.165, 1.54) is 18.2 Å². The Labute approximate surface area is 88.3 Å². The van der Waals surface area contributed by atoms with Crippen LogP contribution >= 0.6 is 0 Å². The minimum Gasteiger partial charge on any atom is -0.396 e. The number of Topliss-reactive ketones (excluding diaryl/α,β-unsaturated/α-hetero) is 1. The molecule has 1 aromatic rings. The number of rotatable bonds is 3. The number of halogens is 1. The van der Waals surface area contributed by atoms with E-state index in [1.54, 1.807) is 6.92 Å². The van der Waals surface area contributed by atoms with Crippen LogP contribution in [-0.2, 0) is 0 Å². The van der Waals surface area contributed by atoms with Gasteiger partial charge in [0.25, 0.3) is 0 Å². The monoisotopic (exact) mass is 205 g/mol. The van der Waals surface area contributed by atoms with E-state index in [0.717, 1.165) is 0 Å². The van der Waals surface area contributed by atoms with E-state index in [-0.39, 0.29) is 23.5 Å². The van der Waals surface area contributed by atoms with Gasteiger partial charge >= 0.3 is 0 Å². The van der Waals surface area contributed by atoms with Crippen molar-refractivity contribution in [3.05, 3.63) is 29.6 Å². The second kappa shape index (κ2) is 5.16. The Bertz CT molecular complexity index is 429. The molecule has 0 aliphatic carbocycles. The molecule has 1 rings (SSSR count). The van der Waals surface area contributed by atoms with Gasteiger partial charge in [-0.25, -0.2) is 4.39 Å². The molecule has 0 fully saturated rings. The summed E-state index contributed by atoms with van der Waals surface area (Å²) in [6.45, 7) is 1.71. The molecule has 0 bridgehead atoms. The third kappa shape index (κ3) is 2.81. The standard InChI is InChI=1S/C12H12FNO/c1-2-3-4-8-11(15)9-6-5-7-10(13)12(9)14/h5-7H,4,8,14H2,1H3. The summed E-state index contributed by atoms with van der Waals surface area (Å²) >= 11 is 0. The molecular weight excluding hydrogens is 193 g/mol. The Balaban J connectivity index is 2.81. The highest BCUT2D eigenvalue weighted by Crippen LogP contribution is 2.17. The van der Waals surface area contributed by atoms with E-state index in [1.807, 2.05) is 0 Å². The number of para-hydroxylation sites is 1. The number of ketones is 1. The van der Waals surface area contributed by atoms with Gasteiger partial charge in [-0.2, -0.15) is 0 Å². The molecule has 0 radical (unpaired) electrons. The van der Waals surface area contributed by atoms with Crippen LogP contribution in [0.5, 0.6) is 0 Å². The van der Waals surface area contributed by atoms with E-state index in [9.17, 15) is 9.18 Å². The maximum absolute atomic E-state index is 13.0. The molecule has 0 unspecified atom stereocenters. The predicted octanol–water partition coefficient (Wildman–Crippen LogP) is 2.39. The van der Waals surface area contributed by atoms with Crippen LogP contribution in [0.1, 0.15) is 30.1 Å². The molecule has 2 N–H and O–H groups in total. The smallest absolute Gasteiger partial charge is 0.166 e. The molecule has 0 aliphatic rings. The van der Waals surface area contributed by atoms with Gasteiger partial charge in [-0.1, -0.05) is 6.07 Å². The molecule has 0 amide bonds. The third-order valence-corrected chi connectivity index (χ3v) is 2.01. The van der Waals surface area contributed by atoms with Crippen molar-refractivity contribution in [3.8, 4) is 11.8 Å². The van der Waals surface area contributed by atoms with Gasteiger partial charge in [0.15, 0.2) is 5.78 Å². The van der Waals surface area contributed by atoms with Crippen LogP contribution in [0.25, 0.3) is 0 Å². The summed E-state index contributed by atoms with van der Waals surface area (Å²) in [5.74, 6) is 4.75. The maximum Gasteiger partial charge on any atom is 0.166 e. The highest BCUT2D eigenvalue weighted by atomic mass is 19.1. The van der Waals surface area contributed by atoms with Crippen LogP contribution < -0.4 is 5.73 Å². The average molecular weight is 205 g/mol. The summed E-state index contributed by atoms with van der Waals surface area (Å²) in [6, 6.07) is 4.24. The van der Waals surface area contributed by atoms with Crippen molar-refractivity contribution in [2.45, 2.75) is 19.8 Å². The van der Waals surface area contributed by atoms with Gasteiger partial charge in [0.1, 0.15) is 5.82 Å². The summed E-state index contributed by atoms with van der Waals surface area (Å²) in [4.78, 5) is 11.6. The molecule has 1 aromatic carbocycles. The third-order valence-electron chi connectivity index (χ3n) is 2.01. The van der Waals surface area contributed by atoms with Crippen LogP contribution in [-0.4, -0.2) is 5.78 Å². The Kier molecular flexibility index (Phi) is 3.87. The lowest BCUT2D eigenvalue weighted by Crippen LogP contribution is -2.05. The lowest BCUT2D eigenvalue weighted by Gasteiger charge is -2.03.